The number of halogens is 2. The molecule has 1 aliphatic heterocycles. The Bertz CT molecular complexity index is 145. The van der Waals surface area contributed by atoms with Gasteiger partial charge in [-0.2, -0.15) is 0 Å². The van der Waals surface area contributed by atoms with E-state index < -0.39 is 0 Å². The normalized spacial score (nSPS) is 20.0. The molecule has 1 unspecified atom stereocenters. The third-order valence-corrected chi connectivity index (χ3v) is 3.55. The Morgan fingerprint density at radius 3 is 2.20 bits per heavy atom. The molecule has 1 nitrogen and oxygen atoms in total. The zero-order chi connectivity index (χ0) is 10.4. The Morgan fingerprint density at radius 1 is 1.13 bits per heavy atom. The van der Waals surface area contributed by atoms with Crippen LogP contribution in [0.15, 0.2) is 0 Å². The summed E-state index contributed by atoms with van der Waals surface area (Å²) in [5.74, 6) is 0.834. The van der Waals surface area contributed by atoms with Gasteiger partial charge in [0.15, 0.2) is 0 Å². The van der Waals surface area contributed by atoms with Crippen molar-refractivity contribution in [3.8, 4) is 0 Å². The number of likely N-dealkylation sites (tertiary alicyclic amines) is 1. The standard InChI is InChI=1S/C12H24BrN.BrH/c1-11(2)10-12(6-7-13)14-8-4-3-5-9-14;/h11-12H,3-10H2,1-2H3;1H. The fourth-order valence-corrected chi connectivity index (χ4v) is 2.93. The summed E-state index contributed by atoms with van der Waals surface area (Å²) >= 11 is 3.58. The van der Waals surface area contributed by atoms with Crippen molar-refractivity contribution in [3.05, 3.63) is 0 Å². The Hall–Kier alpha value is 0.920. The second-order valence-corrected chi connectivity index (χ2v) is 5.65. The van der Waals surface area contributed by atoms with Crippen LogP contribution in [0.25, 0.3) is 0 Å². The third kappa shape index (κ3) is 6.28. The van der Waals surface area contributed by atoms with Gasteiger partial charge in [0.05, 0.1) is 0 Å². The number of nitrogens with zero attached hydrogens (tertiary/aromatic N) is 1. The summed E-state index contributed by atoms with van der Waals surface area (Å²) in [6.45, 7) is 7.35. The predicted octanol–water partition coefficient (Wildman–Crippen LogP) is 4.25. The second-order valence-electron chi connectivity index (χ2n) is 4.86. The van der Waals surface area contributed by atoms with Crippen molar-refractivity contribution in [3.63, 3.8) is 0 Å². The minimum atomic E-state index is 0. The SMILES string of the molecule is Br.CC(C)CC(CCBr)N1CCCCC1. The van der Waals surface area contributed by atoms with E-state index in [2.05, 4.69) is 34.7 Å². The molecule has 3 heteroatoms. The highest BCUT2D eigenvalue weighted by molar-refractivity contribution is 9.09. The molecule has 0 spiro atoms. The van der Waals surface area contributed by atoms with Crippen LogP contribution in [-0.4, -0.2) is 29.4 Å². The largest absolute Gasteiger partial charge is 0.300 e. The first-order chi connectivity index (χ1) is 6.74. The summed E-state index contributed by atoms with van der Waals surface area (Å²) in [6, 6.07) is 0.828. The second kappa shape index (κ2) is 9.00. The molecule has 0 aromatic rings. The molecule has 0 aromatic heterocycles. The van der Waals surface area contributed by atoms with Crippen LogP contribution < -0.4 is 0 Å². The Morgan fingerprint density at radius 2 is 1.73 bits per heavy atom. The Labute approximate surface area is 114 Å². The average molecular weight is 343 g/mol. The topological polar surface area (TPSA) is 3.24 Å². The molecule has 0 aliphatic carbocycles. The number of piperidine rings is 1. The number of rotatable bonds is 5. The Balaban J connectivity index is 0.00000196. The van der Waals surface area contributed by atoms with Crippen LogP contribution in [0.3, 0.4) is 0 Å². The van der Waals surface area contributed by atoms with Gasteiger partial charge in [0.2, 0.25) is 0 Å². The molecule has 1 heterocycles. The molecule has 1 saturated heterocycles. The van der Waals surface area contributed by atoms with Crippen LogP contribution in [0.2, 0.25) is 0 Å². The Kier molecular flexibility index (Phi) is 9.55. The van der Waals surface area contributed by atoms with Gasteiger partial charge in [-0.25, -0.2) is 0 Å². The summed E-state index contributed by atoms with van der Waals surface area (Å²) in [5.41, 5.74) is 0. The zero-order valence-corrected chi connectivity index (χ0v) is 13.3. The summed E-state index contributed by atoms with van der Waals surface area (Å²) in [6.07, 6.45) is 6.96. The van der Waals surface area contributed by atoms with E-state index in [9.17, 15) is 0 Å². The number of hydrogen-bond donors (Lipinski definition) is 0. The fraction of sp³-hybridized carbons (Fsp3) is 1.00. The van der Waals surface area contributed by atoms with Gasteiger partial charge in [-0.1, -0.05) is 36.2 Å². The molecule has 1 fully saturated rings. The minimum absolute atomic E-state index is 0. The molecule has 0 aromatic carbocycles. The molecule has 92 valence electrons. The van der Waals surface area contributed by atoms with E-state index in [1.807, 2.05) is 0 Å². The molecule has 0 radical (unpaired) electrons. The summed E-state index contributed by atoms with van der Waals surface area (Å²) < 4.78 is 0. The minimum Gasteiger partial charge on any atom is -0.300 e. The van der Waals surface area contributed by atoms with E-state index in [1.54, 1.807) is 0 Å². The van der Waals surface area contributed by atoms with E-state index in [4.69, 9.17) is 0 Å². The molecule has 0 amide bonds. The van der Waals surface area contributed by atoms with E-state index >= 15 is 0 Å². The van der Waals surface area contributed by atoms with Gasteiger partial charge >= 0.3 is 0 Å². The van der Waals surface area contributed by atoms with Gasteiger partial charge in [-0.15, -0.1) is 17.0 Å². The smallest absolute Gasteiger partial charge is 0.0106 e. The van der Waals surface area contributed by atoms with Crippen molar-refractivity contribution >= 4 is 32.9 Å². The van der Waals surface area contributed by atoms with Gasteiger partial charge < -0.3 is 4.90 Å². The van der Waals surface area contributed by atoms with Crippen LogP contribution in [0.5, 0.6) is 0 Å². The highest BCUT2D eigenvalue weighted by atomic mass is 79.9. The van der Waals surface area contributed by atoms with Gasteiger partial charge in [-0.3, -0.25) is 0 Å². The number of hydrogen-bond acceptors (Lipinski definition) is 1. The molecule has 15 heavy (non-hydrogen) atoms. The van der Waals surface area contributed by atoms with E-state index in [1.165, 1.54) is 45.2 Å². The molecule has 0 saturated carbocycles. The van der Waals surface area contributed by atoms with Crippen molar-refractivity contribution in [1.82, 2.24) is 4.90 Å². The van der Waals surface area contributed by atoms with Crippen molar-refractivity contribution in [2.24, 2.45) is 5.92 Å². The molecule has 1 atom stereocenters. The average Bonchev–Trinajstić information content (AvgIpc) is 2.18. The molecular formula is C12H25Br2N. The van der Waals surface area contributed by atoms with Crippen LogP contribution in [0.1, 0.15) is 46.0 Å². The van der Waals surface area contributed by atoms with E-state index in [0.717, 1.165) is 17.3 Å². The molecule has 1 rings (SSSR count). The van der Waals surface area contributed by atoms with Gasteiger partial charge in [0.1, 0.15) is 0 Å². The maximum absolute atomic E-state index is 3.58. The molecule has 0 N–H and O–H groups in total. The lowest BCUT2D eigenvalue weighted by Gasteiger charge is -2.35. The quantitative estimate of drug-likeness (QED) is 0.675. The van der Waals surface area contributed by atoms with Crippen LogP contribution in [-0.2, 0) is 0 Å². The summed E-state index contributed by atoms with van der Waals surface area (Å²) in [7, 11) is 0. The first kappa shape index (κ1) is 15.9. The van der Waals surface area contributed by atoms with Crippen LogP contribution in [0, 0.1) is 5.92 Å². The highest BCUT2D eigenvalue weighted by Gasteiger charge is 2.20. The van der Waals surface area contributed by atoms with Gasteiger partial charge in [-0.05, 0) is 44.7 Å². The lowest BCUT2D eigenvalue weighted by Crippen LogP contribution is -2.40. The summed E-state index contributed by atoms with van der Waals surface area (Å²) in [5, 5.41) is 1.15. The van der Waals surface area contributed by atoms with E-state index in [0.29, 0.717) is 0 Å². The summed E-state index contributed by atoms with van der Waals surface area (Å²) in [4.78, 5) is 2.71. The lowest BCUT2D eigenvalue weighted by atomic mass is 9.98. The first-order valence-corrected chi connectivity index (χ1v) is 7.16. The third-order valence-electron chi connectivity index (χ3n) is 3.09. The maximum Gasteiger partial charge on any atom is 0.0106 e. The maximum atomic E-state index is 3.58. The molecule has 1 aliphatic rings. The lowest BCUT2D eigenvalue weighted by molar-refractivity contribution is 0.142. The molecular weight excluding hydrogens is 318 g/mol. The predicted molar refractivity (Wildman–Crippen MR) is 77.4 cm³/mol. The zero-order valence-electron chi connectivity index (χ0n) is 10.0. The monoisotopic (exact) mass is 341 g/mol. The highest BCUT2D eigenvalue weighted by Crippen LogP contribution is 2.20. The van der Waals surface area contributed by atoms with E-state index in [-0.39, 0.29) is 17.0 Å². The molecule has 0 bridgehead atoms. The van der Waals surface area contributed by atoms with Gasteiger partial charge in [0.25, 0.3) is 0 Å². The van der Waals surface area contributed by atoms with Crippen LogP contribution >= 0.6 is 32.9 Å². The number of alkyl halides is 1. The van der Waals surface area contributed by atoms with Crippen molar-refractivity contribution < 1.29 is 0 Å². The van der Waals surface area contributed by atoms with Crippen molar-refractivity contribution in [2.45, 2.75) is 52.0 Å². The fourth-order valence-electron chi connectivity index (χ4n) is 2.40. The van der Waals surface area contributed by atoms with Crippen molar-refractivity contribution in [1.29, 1.82) is 0 Å². The first-order valence-electron chi connectivity index (χ1n) is 6.04. The van der Waals surface area contributed by atoms with Crippen molar-refractivity contribution in [2.75, 3.05) is 18.4 Å². The van der Waals surface area contributed by atoms with Gasteiger partial charge in [0, 0.05) is 11.4 Å². The van der Waals surface area contributed by atoms with Crippen LogP contribution in [0.4, 0.5) is 0 Å².